The Bertz CT molecular complexity index is 384. The molecule has 0 aromatic carbocycles. The summed E-state index contributed by atoms with van der Waals surface area (Å²) in [7, 11) is -1.67. The first-order valence-electron chi connectivity index (χ1n) is 6.89. The number of halogens is 1. The lowest BCUT2D eigenvalue weighted by Gasteiger charge is -2.39. The smallest absolute Gasteiger partial charge is 0.195 e. The average Bonchev–Trinajstić information content (AvgIpc) is 2.35. The molecular weight excluding hydrogens is 284 g/mol. The zero-order valence-electron chi connectivity index (χ0n) is 12.7. The summed E-state index contributed by atoms with van der Waals surface area (Å²) in [4.78, 5) is 0. The highest BCUT2D eigenvalue weighted by atomic mass is 35.5. The minimum absolute atomic E-state index is 0.0387. The molecule has 0 aliphatic carbocycles. The first-order chi connectivity index (χ1) is 8.60. The Morgan fingerprint density at radius 1 is 1.32 bits per heavy atom. The third-order valence-corrected chi connectivity index (χ3v) is 6.78. The summed E-state index contributed by atoms with van der Waals surface area (Å²) >= 11 is 5.84. The zero-order chi connectivity index (χ0) is 14.8. The number of rotatable bonds is 4. The van der Waals surface area contributed by atoms with Crippen LogP contribution in [0.4, 0.5) is 0 Å². The van der Waals surface area contributed by atoms with Crippen LogP contribution in [0.1, 0.15) is 40.5 Å². The Kier molecular flexibility index (Phi) is 5.70. The molecule has 0 aromatic heterocycles. The summed E-state index contributed by atoms with van der Waals surface area (Å²) in [5.41, 5.74) is -0.0731. The van der Waals surface area contributed by atoms with Gasteiger partial charge in [0.1, 0.15) is 0 Å². The van der Waals surface area contributed by atoms with E-state index in [1.165, 1.54) is 4.31 Å². The van der Waals surface area contributed by atoms with Crippen LogP contribution in [0.2, 0.25) is 0 Å². The monoisotopic (exact) mass is 310 g/mol. The van der Waals surface area contributed by atoms with Gasteiger partial charge in [-0.3, -0.25) is 0 Å². The van der Waals surface area contributed by atoms with Crippen LogP contribution in [0.25, 0.3) is 0 Å². The van der Waals surface area contributed by atoms with Crippen LogP contribution >= 0.6 is 11.6 Å². The molecule has 1 aliphatic rings. The Morgan fingerprint density at radius 3 is 2.16 bits per heavy atom. The zero-order valence-corrected chi connectivity index (χ0v) is 14.3. The van der Waals surface area contributed by atoms with Gasteiger partial charge in [0, 0.05) is 32.1 Å². The van der Waals surface area contributed by atoms with Crippen molar-refractivity contribution in [3.05, 3.63) is 0 Å². The van der Waals surface area contributed by atoms with Crippen molar-refractivity contribution < 1.29 is 8.42 Å². The molecule has 0 radical (unpaired) electrons. The third kappa shape index (κ3) is 4.06. The Labute approximate surface area is 123 Å². The predicted molar refractivity (Wildman–Crippen MR) is 80.6 cm³/mol. The third-order valence-electron chi connectivity index (χ3n) is 4.28. The van der Waals surface area contributed by atoms with E-state index in [0.29, 0.717) is 24.9 Å². The first-order valence-corrected chi connectivity index (χ1v) is 8.83. The molecule has 0 aromatic rings. The van der Waals surface area contributed by atoms with E-state index in [4.69, 9.17) is 11.6 Å². The van der Waals surface area contributed by atoms with Gasteiger partial charge in [0.15, 0.2) is 0 Å². The second-order valence-electron chi connectivity index (χ2n) is 6.56. The van der Waals surface area contributed by atoms with Gasteiger partial charge in [-0.2, -0.15) is 17.0 Å². The molecule has 114 valence electrons. The van der Waals surface area contributed by atoms with Crippen molar-refractivity contribution in [3.63, 3.8) is 0 Å². The summed E-state index contributed by atoms with van der Waals surface area (Å²) in [6.07, 6.45) is 1.72. The maximum Gasteiger partial charge on any atom is 0.281 e. The van der Waals surface area contributed by atoms with Crippen LogP contribution in [0.3, 0.4) is 0 Å². The highest BCUT2D eigenvalue weighted by Crippen LogP contribution is 2.28. The lowest BCUT2D eigenvalue weighted by molar-refractivity contribution is 0.195. The topological polar surface area (TPSA) is 40.6 Å². The van der Waals surface area contributed by atoms with Gasteiger partial charge in [0.05, 0.1) is 0 Å². The highest BCUT2D eigenvalue weighted by molar-refractivity contribution is 7.86. The Morgan fingerprint density at radius 2 is 1.79 bits per heavy atom. The Hall–Kier alpha value is 0.160. The molecule has 0 bridgehead atoms. The van der Waals surface area contributed by atoms with E-state index >= 15 is 0 Å². The maximum absolute atomic E-state index is 12.6. The van der Waals surface area contributed by atoms with E-state index < -0.39 is 10.2 Å². The average molecular weight is 311 g/mol. The fourth-order valence-electron chi connectivity index (χ4n) is 2.22. The minimum atomic E-state index is -3.35. The molecule has 4 nitrogen and oxygen atoms in total. The highest BCUT2D eigenvalue weighted by Gasteiger charge is 2.36. The lowest BCUT2D eigenvalue weighted by Crippen LogP contribution is -2.51. The normalized spacial score (nSPS) is 21.8. The van der Waals surface area contributed by atoms with Gasteiger partial charge < -0.3 is 0 Å². The molecule has 6 heteroatoms. The quantitative estimate of drug-likeness (QED) is 0.749. The summed E-state index contributed by atoms with van der Waals surface area (Å²) < 4.78 is 28.3. The summed E-state index contributed by atoms with van der Waals surface area (Å²) in [6, 6.07) is -0.0387. The standard InChI is InChI=1S/C13H27ClN2O2S/c1-11(13(2,3)4)15(5)19(17,18)16-8-6-12(10-14)7-9-16/h11-12H,6-10H2,1-5H3. The van der Waals surface area contributed by atoms with E-state index in [0.717, 1.165) is 12.8 Å². The number of hydrogen-bond donors (Lipinski definition) is 0. The van der Waals surface area contributed by atoms with Crippen LogP contribution < -0.4 is 0 Å². The van der Waals surface area contributed by atoms with Crippen molar-refractivity contribution in [2.45, 2.75) is 46.6 Å². The number of hydrogen-bond acceptors (Lipinski definition) is 2. The minimum Gasteiger partial charge on any atom is -0.195 e. The molecule has 1 rings (SSSR count). The van der Waals surface area contributed by atoms with E-state index in [-0.39, 0.29) is 11.5 Å². The van der Waals surface area contributed by atoms with E-state index in [1.807, 2.05) is 6.92 Å². The van der Waals surface area contributed by atoms with E-state index in [1.54, 1.807) is 11.4 Å². The van der Waals surface area contributed by atoms with Gasteiger partial charge in [-0.25, -0.2) is 0 Å². The van der Waals surface area contributed by atoms with Gasteiger partial charge in [0.2, 0.25) is 0 Å². The maximum atomic E-state index is 12.6. The predicted octanol–water partition coefficient (Wildman–Crippen LogP) is 2.55. The van der Waals surface area contributed by atoms with Crippen LogP contribution in [-0.4, -0.2) is 49.1 Å². The van der Waals surface area contributed by atoms with Gasteiger partial charge in [-0.15, -0.1) is 11.6 Å². The second-order valence-corrected chi connectivity index (χ2v) is 8.86. The fourth-order valence-corrected chi connectivity index (χ4v) is 4.28. The van der Waals surface area contributed by atoms with Crippen LogP contribution in [-0.2, 0) is 10.2 Å². The van der Waals surface area contributed by atoms with Crippen molar-refractivity contribution in [3.8, 4) is 0 Å². The molecular formula is C13H27ClN2O2S. The van der Waals surface area contributed by atoms with Gasteiger partial charge in [-0.1, -0.05) is 20.8 Å². The van der Waals surface area contributed by atoms with Crippen LogP contribution in [0, 0.1) is 11.3 Å². The summed E-state index contributed by atoms with van der Waals surface area (Å²) in [5.74, 6) is 1.08. The molecule has 1 aliphatic heterocycles. The van der Waals surface area contributed by atoms with Crippen molar-refractivity contribution in [1.29, 1.82) is 0 Å². The molecule has 0 N–H and O–H groups in total. The van der Waals surface area contributed by atoms with Crippen molar-refractivity contribution in [2.75, 3.05) is 26.0 Å². The number of alkyl halides is 1. The molecule has 0 saturated carbocycles. The van der Waals surface area contributed by atoms with Gasteiger partial charge >= 0.3 is 0 Å². The number of piperidine rings is 1. The lowest BCUT2D eigenvalue weighted by atomic mass is 9.88. The SMILES string of the molecule is CC(N(C)S(=O)(=O)N1CCC(CCl)CC1)C(C)(C)C. The molecule has 1 unspecified atom stereocenters. The molecule has 0 spiro atoms. The number of nitrogens with zero attached hydrogens (tertiary/aromatic N) is 2. The van der Waals surface area contributed by atoms with Crippen molar-refractivity contribution >= 4 is 21.8 Å². The molecule has 1 atom stereocenters. The molecule has 1 fully saturated rings. The molecule has 1 saturated heterocycles. The molecule has 19 heavy (non-hydrogen) atoms. The largest absolute Gasteiger partial charge is 0.281 e. The molecule has 0 amide bonds. The first kappa shape index (κ1) is 17.2. The second kappa shape index (κ2) is 6.29. The van der Waals surface area contributed by atoms with Crippen molar-refractivity contribution in [2.24, 2.45) is 11.3 Å². The molecule has 1 heterocycles. The van der Waals surface area contributed by atoms with E-state index in [9.17, 15) is 8.42 Å². The van der Waals surface area contributed by atoms with Crippen LogP contribution in [0.15, 0.2) is 0 Å². The van der Waals surface area contributed by atoms with E-state index in [2.05, 4.69) is 20.8 Å². The van der Waals surface area contributed by atoms with Gasteiger partial charge in [-0.05, 0) is 31.1 Å². The van der Waals surface area contributed by atoms with Gasteiger partial charge in [0.25, 0.3) is 10.2 Å². The Balaban J connectivity index is 2.76. The summed E-state index contributed by atoms with van der Waals surface area (Å²) in [5, 5.41) is 0. The summed E-state index contributed by atoms with van der Waals surface area (Å²) in [6.45, 7) is 9.31. The van der Waals surface area contributed by atoms with Crippen molar-refractivity contribution in [1.82, 2.24) is 8.61 Å². The van der Waals surface area contributed by atoms with Crippen LogP contribution in [0.5, 0.6) is 0 Å². The fraction of sp³-hybridized carbons (Fsp3) is 1.00.